The number of rotatable bonds is 4. The van der Waals surface area contributed by atoms with Crippen LogP contribution < -0.4 is 10.1 Å². The van der Waals surface area contributed by atoms with Gasteiger partial charge in [-0.25, -0.2) is 0 Å². The Labute approximate surface area is 120 Å². The van der Waals surface area contributed by atoms with Crippen LogP contribution in [0.2, 0.25) is 0 Å². The molecular formula is C14H16BrNOS. The van der Waals surface area contributed by atoms with Crippen molar-refractivity contribution in [2.24, 2.45) is 0 Å². The third kappa shape index (κ3) is 2.60. The van der Waals surface area contributed by atoms with Crippen LogP contribution in [0.1, 0.15) is 22.7 Å². The van der Waals surface area contributed by atoms with Crippen molar-refractivity contribution in [3.05, 3.63) is 50.1 Å². The van der Waals surface area contributed by atoms with E-state index >= 15 is 0 Å². The van der Waals surface area contributed by atoms with Crippen LogP contribution >= 0.6 is 27.3 Å². The summed E-state index contributed by atoms with van der Waals surface area (Å²) in [6, 6.07) is 6.49. The van der Waals surface area contributed by atoms with Crippen LogP contribution in [-0.4, -0.2) is 14.2 Å². The molecule has 0 saturated carbocycles. The van der Waals surface area contributed by atoms with E-state index in [9.17, 15) is 0 Å². The monoisotopic (exact) mass is 325 g/mol. The van der Waals surface area contributed by atoms with Crippen molar-refractivity contribution in [1.82, 2.24) is 5.32 Å². The molecule has 18 heavy (non-hydrogen) atoms. The lowest BCUT2D eigenvalue weighted by atomic mass is 9.99. The van der Waals surface area contributed by atoms with E-state index in [1.54, 1.807) is 18.4 Å². The largest absolute Gasteiger partial charge is 0.496 e. The minimum atomic E-state index is 0.156. The lowest BCUT2D eigenvalue weighted by Gasteiger charge is -2.20. The van der Waals surface area contributed by atoms with Crippen LogP contribution in [0, 0.1) is 6.92 Å². The number of nitrogens with one attached hydrogen (secondary N) is 1. The van der Waals surface area contributed by atoms with Crippen molar-refractivity contribution < 1.29 is 4.74 Å². The van der Waals surface area contributed by atoms with Crippen LogP contribution in [0.3, 0.4) is 0 Å². The molecule has 1 aromatic heterocycles. The van der Waals surface area contributed by atoms with Crippen molar-refractivity contribution in [3.8, 4) is 5.75 Å². The third-order valence-electron chi connectivity index (χ3n) is 2.99. The first-order valence-corrected chi connectivity index (χ1v) is 7.44. The van der Waals surface area contributed by atoms with Gasteiger partial charge in [0.25, 0.3) is 0 Å². The van der Waals surface area contributed by atoms with Gasteiger partial charge in [-0.2, -0.15) is 11.3 Å². The van der Waals surface area contributed by atoms with E-state index in [4.69, 9.17) is 4.74 Å². The van der Waals surface area contributed by atoms with Crippen molar-refractivity contribution in [1.29, 1.82) is 0 Å². The van der Waals surface area contributed by atoms with Gasteiger partial charge < -0.3 is 10.1 Å². The van der Waals surface area contributed by atoms with Gasteiger partial charge in [0.2, 0.25) is 0 Å². The quantitative estimate of drug-likeness (QED) is 0.912. The highest BCUT2D eigenvalue weighted by atomic mass is 79.9. The molecule has 1 atom stereocenters. The van der Waals surface area contributed by atoms with E-state index in [1.807, 2.05) is 7.05 Å². The Morgan fingerprint density at radius 1 is 1.39 bits per heavy atom. The highest BCUT2D eigenvalue weighted by Crippen LogP contribution is 2.34. The molecule has 1 heterocycles. The van der Waals surface area contributed by atoms with E-state index < -0.39 is 0 Å². The molecular weight excluding hydrogens is 310 g/mol. The summed E-state index contributed by atoms with van der Waals surface area (Å²) in [5.74, 6) is 0.918. The summed E-state index contributed by atoms with van der Waals surface area (Å²) in [4.78, 5) is 0. The highest BCUT2D eigenvalue weighted by Gasteiger charge is 2.18. The molecule has 2 aromatic rings. The molecule has 0 amide bonds. The summed E-state index contributed by atoms with van der Waals surface area (Å²) in [5, 5.41) is 7.60. The number of aryl methyl sites for hydroxylation is 1. The Bertz CT molecular complexity index is 525. The topological polar surface area (TPSA) is 21.3 Å². The maximum absolute atomic E-state index is 5.50. The summed E-state index contributed by atoms with van der Waals surface area (Å²) in [7, 11) is 3.68. The van der Waals surface area contributed by atoms with Crippen LogP contribution in [0.4, 0.5) is 0 Å². The van der Waals surface area contributed by atoms with Gasteiger partial charge in [-0.15, -0.1) is 0 Å². The Balaban J connectivity index is 2.51. The lowest BCUT2D eigenvalue weighted by molar-refractivity contribution is 0.405. The third-order valence-corrected chi connectivity index (χ3v) is 4.54. The standard InChI is InChI=1S/C14H16BrNOS/c1-9-6-13(17-3)11(7-12(9)15)14(16-2)10-4-5-18-8-10/h4-8,14,16H,1-3H3. The number of benzene rings is 1. The summed E-state index contributed by atoms with van der Waals surface area (Å²) in [6.07, 6.45) is 0. The fourth-order valence-corrected chi connectivity index (χ4v) is 3.06. The average molecular weight is 326 g/mol. The molecule has 0 aliphatic carbocycles. The first-order chi connectivity index (χ1) is 8.67. The Kier molecular flexibility index (Phi) is 4.43. The van der Waals surface area contributed by atoms with Gasteiger partial charge in [0, 0.05) is 10.0 Å². The van der Waals surface area contributed by atoms with E-state index in [0.29, 0.717) is 0 Å². The van der Waals surface area contributed by atoms with E-state index in [0.717, 1.165) is 15.8 Å². The van der Waals surface area contributed by atoms with E-state index in [1.165, 1.54) is 11.1 Å². The van der Waals surface area contributed by atoms with Crippen molar-refractivity contribution in [2.45, 2.75) is 13.0 Å². The summed E-state index contributed by atoms with van der Waals surface area (Å²) < 4.78 is 6.61. The lowest BCUT2D eigenvalue weighted by Crippen LogP contribution is -2.18. The van der Waals surface area contributed by atoms with Gasteiger partial charge >= 0.3 is 0 Å². The Morgan fingerprint density at radius 2 is 2.17 bits per heavy atom. The SMILES string of the molecule is CNC(c1ccsc1)c1cc(Br)c(C)cc1OC. The Hall–Kier alpha value is -0.840. The first-order valence-electron chi connectivity index (χ1n) is 5.70. The zero-order valence-electron chi connectivity index (χ0n) is 10.7. The molecule has 4 heteroatoms. The van der Waals surface area contributed by atoms with Crippen molar-refractivity contribution in [2.75, 3.05) is 14.2 Å². The van der Waals surface area contributed by atoms with Gasteiger partial charge in [0.05, 0.1) is 13.2 Å². The summed E-state index contributed by atoms with van der Waals surface area (Å²) in [5.41, 5.74) is 3.59. The van der Waals surface area contributed by atoms with Crippen LogP contribution in [0.5, 0.6) is 5.75 Å². The van der Waals surface area contributed by atoms with Gasteiger partial charge in [0.15, 0.2) is 0 Å². The minimum Gasteiger partial charge on any atom is -0.496 e. The first kappa shape index (κ1) is 13.6. The van der Waals surface area contributed by atoms with E-state index in [2.05, 4.69) is 57.1 Å². The second-order valence-corrected chi connectivity index (χ2v) is 5.76. The highest BCUT2D eigenvalue weighted by molar-refractivity contribution is 9.10. The zero-order valence-corrected chi connectivity index (χ0v) is 13.1. The molecule has 0 aliphatic heterocycles. The van der Waals surface area contributed by atoms with Crippen LogP contribution in [0.25, 0.3) is 0 Å². The summed E-state index contributed by atoms with van der Waals surface area (Å²) in [6.45, 7) is 2.06. The second kappa shape index (κ2) is 5.87. The predicted octanol–water partition coefficient (Wildman–Crippen LogP) is 4.14. The maximum Gasteiger partial charge on any atom is 0.124 e. The number of ether oxygens (including phenoxy) is 1. The zero-order chi connectivity index (χ0) is 13.1. The van der Waals surface area contributed by atoms with Gasteiger partial charge in [-0.05, 0) is 54.1 Å². The Morgan fingerprint density at radius 3 is 2.72 bits per heavy atom. The number of hydrogen-bond acceptors (Lipinski definition) is 3. The molecule has 1 aromatic carbocycles. The maximum atomic E-state index is 5.50. The summed E-state index contributed by atoms with van der Waals surface area (Å²) >= 11 is 5.30. The van der Waals surface area contributed by atoms with Gasteiger partial charge in [0.1, 0.15) is 5.75 Å². The van der Waals surface area contributed by atoms with Crippen LogP contribution in [-0.2, 0) is 0 Å². The molecule has 2 nitrogen and oxygen atoms in total. The molecule has 0 saturated heterocycles. The van der Waals surface area contributed by atoms with E-state index in [-0.39, 0.29) is 6.04 Å². The predicted molar refractivity (Wildman–Crippen MR) is 80.7 cm³/mol. The van der Waals surface area contributed by atoms with Crippen molar-refractivity contribution in [3.63, 3.8) is 0 Å². The number of thiophene rings is 1. The fraction of sp³-hybridized carbons (Fsp3) is 0.286. The number of hydrogen-bond donors (Lipinski definition) is 1. The second-order valence-electron chi connectivity index (χ2n) is 4.12. The molecule has 0 aliphatic rings. The van der Waals surface area contributed by atoms with Gasteiger partial charge in [-0.3, -0.25) is 0 Å². The minimum absolute atomic E-state index is 0.156. The van der Waals surface area contributed by atoms with Gasteiger partial charge in [-0.1, -0.05) is 15.9 Å². The number of methoxy groups -OCH3 is 1. The molecule has 1 N–H and O–H groups in total. The molecule has 0 radical (unpaired) electrons. The molecule has 96 valence electrons. The molecule has 1 unspecified atom stereocenters. The fourth-order valence-electron chi connectivity index (χ4n) is 2.01. The normalized spacial score (nSPS) is 12.4. The molecule has 0 spiro atoms. The smallest absolute Gasteiger partial charge is 0.124 e. The number of halogens is 1. The van der Waals surface area contributed by atoms with Crippen molar-refractivity contribution >= 4 is 27.3 Å². The molecule has 0 bridgehead atoms. The molecule has 0 fully saturated rings. The van der Waals surface area contributed by atoms with Crippen LogP contribution in [0.15, 0.2) is 33.4 Å². The molecule has 2 rings (SSSR count). The average Bonchev–Trinajstić information content (AvgIpc) is 2.88.